The van der Waals surface area contributed by atoms with Crippen LogP contribution in [0.4, 0.5) is 5.69 Å². The monoisotopic (exact) mass is 278 g/mol. The number of nitrogens with one attached hydrogen (secondary N) is 1. The van der Waals surface area contributed by atoms with Gasteiger partial charge in [-0.15, -0.1) is 0 Å². The molecule has 5 nitrogen and oxygen atoms in total. The van der Waals surface area contributed by atoms with E-state index in [-0.39, 0.29) is 18.6 Å². The first-order chi connectivity index (χ1) is 9.43. The predicted octanol–water partition coefficient (Wildman–Crippen LogP) is 1.83. The largest absolute Gasteiger partial charge is 0.455 e. The third-order valence-corrected chi connectivity index (χ3v) is 3.13. The Morgan fingerprint density at radius 3 is 2.65 bits per heavy atom. The molecule has 0 aromatic heterocycles. The van der Waals surface area contributed by atoms with Crippen molar-refractivity contribution in [3.8, 4) is 0 Å². The van der Waals surface area contributed by atoms with Gasteiger partial charge in [0.15, 0.2) is 6.61 Å². The molecule has 2 unspecified atom stereocenters. The fraction of sp³-hybridized carbons (Fsp3) is 0.467. The number of carbonyl (C=O) groups is 2. The summed E-state index contributed by atoms with van der Waals surface area (Å²) in [7, 11) is 0. The minimum Gasteiger partial charge on any atom is -0.455 e. The molecule has 1 aromatic carbocycles. The number of ether oxygens (including phenoxy) is 1. The standard InChI is InChI=1S/C15H22N2O3/c1-4-10(2)17-14(18)9-20-15(19)11(3)12-6-5-7-13(16)8-12/h5-8,10-11H,4,9,16H2,1-3H3,(H,17,18). The summed E-state index contributed by atoms with van der Waals surface area (Å²) in [5.74, 6) is -1.17. The first-order valence-electron chi connectivity index (χ1n) is 6.75. The maximum atomic E-state index is 11.9. The van der Waals surface area contributed by atoms with Gasteiger partial charge in [0.2, 0.25) is 0 Å². The third kappa shape index (κ3) is 4.91. The lowest BCUT2D eigenvalue weighted by molar-refractivity contribution is -0.149. The molecule has 1 rings (SSSR count). The van der Waals surface area contributed by atoms with E-state index in [1.165, 1.54) is 0 Å². The molecule has 1 amide bonds. The molecule has 0 saturated carbocycles. The molecule has 1 aromatic rings. The number of carbonyl (C=O) groups excluding carboxylic acids is 2. The van der Waals surface area contributed by atoms with Gasteiger partial charge < -0.3 is 15.8 Å². The highest BCUT2D eigenvalue weighted by molar-refractivity contribution is 5.83. The Hall–Kier alpha value is -2.04. The van der Waals surface area contributed by atoms with E-state index < -0.39 is 11.9 Å². The van der Waals surface area contributed by atoms with Crippen molar-refractivity contribution in [3.05, 3.63) is 29.8 Å². The fourth-order valence-electron chi connectivity index (χ4n) is 1.64. The molecule has 0 saturated heterocycles. The van der Waals surface area contributed by atoms with E-state index in [0.29, 0.717) is 5.69 Å². The number of nitrogens with two attached hydrogens (primary N) is 1. The van der Waals surface area contributed by atoms with Crippen molar-refractivity contribution in [1.29, 1.82) is 0 Å². The summed E-state index contributed by atoms with van der Waals surface area (Å²) in [5.41, 5.74) is 7.04. The van der Waals surface area contributed by atoms with Crippen LogP contribution in [0.5, 0.6) is 0 Å². The van der Waals surface area contributed by atoms with Gasteiger partial charge in [-0.05, 0) is 38.0 Å². The SMILES string of the molecule is CCC(C)NC(=O)COC(=O)C(C)c1cccc(N)c1. The zero-order valence-corrected chi connectivity index (χ0v) is 12.2. The summed E-state index contributed by atoms with van der Waals surface area (Å²) in [4.78, 5) is 23.4. The van der Waals surface area contributed by atoms with E-state index in [4.69, 9.17) is 10.5 Å². The van der Waals surface area contributed by atoms with Crippen molar-refractivity contribution in [2.45, 2.75) is 39.2 Å². The highest BCUT2D eigenvalue weighted by atomic mass is 16.5. The van der Waals surface area contributed by atoms with Crippen LogP contribution in [0.2, 0.25) is 0 Å². The normalized spacial score (nSPS) is 13.3. The van der Waals surface area contributed by atoms with Gasteiger partial charge in [-0.25, -0.2) is 0 Å². The quantitative estimate of drug-likeness (QED) is 0.614. The maximum Gasteiger partial charge on any atom is 0.313 e. The summed E-state index contributed by atoms with van der Waals surface area (Å²) < 4.78 is 5.01. The van der Waals surface area contributed by atoms with Crippen LogP contribution in [0.15, 0.2) is 24.3 Å². The van der Waals surface area contributed by atoms with Crippen molar-refractivity contribution in [1.82, 2.24) is 5.32 Å². The molecule has 0 aliphatic heterocycles. The van der Waals surface area contributed by atoms with Crippen LogP contribution in [-0.2, 0) is 14.3 Å². The number of nitrogen functional groups attached to an aromatic ring is 1. The lowest BCUT2D eigenvalue weighted by Gasteiger charge is -2.14. The number of benzene rings is 1. The van der Waals surface area contributed by atoms with E-state index in [1.54, 1.807) is 25.1 Å². The second-order valence-corrected chi connectivity index (χ2v) is 4.88. The van der Waals surface area contributed by atoms with Crippen LogP contribution < -0.4 is 11.1 Å². The van der Waals surface area contributed by atoms with Gasteiger partial charge in [-0.3, -0.25) is 9.59 Å². The number of rotatable bonds is 6. The molecule has 0 fully saturated rings. The Morgan fingerprint density at radius 1 is 1.35 bits per heavy atom. The highest BCUT2D eigenvalue weighted by Crippen LogP contribution is 2.18. The molecular formula is C15H22N2O3. The second kappa shape index (κ2) is 7.53. The summed E-state index contributed by atoms with van der Waals surface area (Å²) >= 11 is 0. The number of esters is 1. The molecule has 0 bridgehead atoms. The molecule has 20 heavy (non-hydrogen) atoms. The minimum absolute atomic E-state index is 0.0764. The van der Waals surface area contributed by atoms with Gasteiger partial charge in [0.1, 0.15) is 0 Å². The molecule has 0 heterocycles. The van der Waals surface area contributed by atoms with Gasteiger partial charge >= 0.3 is 5.97 Å². The second-order valence-electron chi connectivity index (χ2n) is 4.88. The first kappa shape index (κ1) is 16.0. The Kier molecular flexibility index (Phi) is 6.03. The zero-order chi connectivity index (χ0) is 15.1. The summed E-state index contributed by atoms with van der Waals surface area (Å²) in [6.45, 7) is 5.34. The summed E-state index contributed by atoms with van der Waals surface area (Å²) in [6.07, 6.45) is 0.833. The Labute approximate surface area is 119 Å². The molecule has 0 aliphatic carbocycles. The average molecular weight is 278 g/mol. The van der Waals surface area contributed by atoms with Crippen molar-refractivity contribution >= 4 is 17.6 Å². The lowest BCUT2D eigenvalue weighted by Crippen LogP contribution is -2.35. The van der Waals surface area contributed by atoms with Gasteiger partial charge in [0.05, 0.1) is 5.92 Å². The van der Waals surface area contributed by atoms with Crippen LogP contribution >= 0.6 is 0 Å². The van der Waals surface area contributed by atoms with Crippen molar-refractivity contribution < 1.29 is 14.3 Å². The third-order valence-electron chi connectivity index (χ3n) is 3.13. The number of amides is 1. The molecular weight excluding hydrogens is 256 g/mol. The Morgan fingerprint density at radius 2 is 2.05 bits per heavy atom. The van der Waals surface area contributed by atoms with Crippen molar-refractivity contribution in [2.24, 2.45) is 0 Å². The predicted molar refractivity (Wildman–Crippen MR) is 78.1 cm³/mol. The van der Waals surface area contributed by atoms with E-state index in [9.17, 15) is 9.59 Å². The van der Waals surface area contributed by atoms with Crippen molar-refractivity contribution in [2.75, 3.05) is 12.3 Å². The van der Waals surface area contributed by atoms with E-state index in [2.05, 4.69) is 5.32 Å². The van der Waals surface area contributed by atoms with Gasteiger partial charge in [0, 0.05) is 11.7 Å². The highest BCUT2D eigenvalue weighted by Gasteiger charge is 2.18. The Bertz CT molecular complexity index is 474. The van der Waals surface area contributed by atoms with Crippen LogP contribution in [0.25, 0.3) is 0 Å². The zero-order valence-electron chi connectivity index (χ0n) is 12.2. The van der Waals surface area contributed by atoms with Gasteiger partial charge in [-0.2, -0.15) is 0 Å². The average Bonchev–Trinajstić information content (AvgIpc) is 2.43. The molecule has 0 radical (unpaired) electrons. The maximum absolute atomic E-state index is 11.9. The lowest BCUT2D eigenvalue weighted by atomic mass is 10.0. The van der Waals surface area contributed by atoms with E-state index >= 15 is 0 Å². The Balaban J connectivity index is 2.48. The van der Waals surface area contributed by atoms with Gasteiger partial charge in [-0.1, -0.05) is 19.1 Å². The van der Waals surface area contributed by atoms with Crippen LogP contribution in [0.1, 0.15) is 38.7 Å². The van der Waals surface area contributed by atoms with E-state index in [1.807, 2.05) is 19.9 Å². The molecule has 110 valence electrons. The summed E-state index contributed by atoms with van der Waals surface area (Å²) in [5, 5.41) is 2.74. The number of hydrogen-bond acceptors (Lipinski definition) is 4. The topological polar surface area (TPSA) is 81.4 Å². The smallest absolute Gasteiger partial charge is 0.313 e. The molecule has 5 heteroatoms. The van der Waals surface area contributed by atoms with Crippen LogP contribution in [0, 0.1) is 0 Å². The minimum atomic E-state index is -0.449. The summed E-state index contributed by atoms with van der Waals surface area (Å²) in [6, 6.07) is 7.14. The molecule has 0 aliphatic rings. The molecule has 0 spiro atoms. The van der Waals surface area contributed by atoms with E-state index in [0.717, 1.165) is 12.0 Å². The van der Waals surface area contributed by atoms with Crippen LogP contribution in [0.3, 0.4) is 0 Å². The van der Waals surface area contributed by atoms with Crippen LogP contribution in [-0.4, -0.2) is 24.5 Å². The molecule has 2 atom stereocenters. The number of hydrogen-bond donors (Lipinski definition) is 2. The van der Waals surface area contributed by atoms with Crippen molar-refractivity contribution in [3.63, 3.8) is 0 Å². The first-order valence-corrected chi connectivity index (χ1v) is 6.75. The molecule has 3 N–H and O–H groups in total. The van der Waals surface area contributed by atoms with Gasteiger partial charge in [0.25, 0.3) is 5.91 Å². The fourth-order valence-corrected chi connectivity index (χ4v) is 1.64. The number of anilines is 1.